The number of morpholine rings is 1. The summed E-state index contributed by atoms with van der Waals surface area (Å²) in [5.74, 6) is 0.591. The van der Waals surface area contributed by atoms with Gasteiger partial charge in [0.05, 0.1) is 25.4 Å². The van der Waals surface area contributed by atoms with Crippen LogP contribution >= 0.6 is 0 Å². The van der Waals surface area contributed by atoms with Crippen LogP contribution in [0.25, 0.3) is 0 Å². The highest BCUT2D eigenvalue weighted by atomic mass is 16.5. The summed E-state index contributed by atoms with van der Waals surface area (Å²) >= 11 is 0. The van der Waals surface area contributed by atoms with E-state index < -0.39 is 6.10 Å². The van der Waals surface area contributed by atoms with Gasteiger partial charge in [-0.1, -0.05) is 44.2 Å². The molecule has 1 aromatic rings. The first kappa shape index (κ1) is 18.2. The Morgan fingerprint density at radius 2 is 2.08 bits per heavy atom. The Morgan fingerprint density at radius 3 is 2.72 bits per heavy atom. The van der Waals surface area contributed by atoms with Gasteiger partial charge < -0.3 is 20.1 Å². The number of amides is 2. The zero-order chi connectivity index (χ0) is 17.9. The molecular weight excluding hydrogens is 316 g/mol. The second kappa shape index (κ2) is 7.75. The first-order valence-corrected chi connectivity index (χ1v) is 9.37. The number of ether oxygens (including phenoxy) is 1. The fraction of sp³-hybridized carbons (Fsp3) is 0.650. The van der Waals surface area contributed by atoms with Crippen LogP contribution in [-0.4, -0.2) is 48.4 Å². The van der Waals surface area contributed by atoms with Crippen LogP contribution < -0.4 is 5.32 Å². The maximum atomic E-state index is 12.7. The van der Waals surface area contributed by atoms with Crippen LogP contribution in [0, 0.1) is 11.3 Å². The Morgan fingerprint density at radius 1 is 1.36 bits per heavy atom. The molecule has 1 aliphatic heterocycles. The number of nitrogens with zero attached hydrogens (tertiary/aromatic N) is 1. The summed E-state index contributed by atoms with van der Waals surface area (Å²) in [4.78, 5) is 14.5. The average Bonchev–Trinajstić information content (AvgIpc) is 3.42. The minimum Gasteiger partial charge on any atom is -0.388 e. The van der Waals surface area contributed by atoms with E-state index in [0.29, 0.717) is 37.5 Å². The Hall–Kier alpha value is -1.59. The molecule has 1 aromatic carbocycles. The molecular formula is C20H30N2O3. The fourth-order valence-corrected chi connectivity index (χ4v) is 3.66. The average molecular weight is 346 g/mol. The van der Waals surface area contributed by atoms with Crippen molar-refractivity contribution >= 4 is 6.03 Å². The van der Waals surface area contributed by atoms with Crippen LogP contribution in [0.15, 0.2) is 30.3 Å². The second-order valence-corrected chi connectivity index (χ2v) is 7.76. The number of aliphatic hydroxyl groups is 1. The molecule has 2 fully saturated rings. The number of rotatable bonds is 6. The maximum Gasteiger partial charge on any atom is 0.317 e. The predicted octanol–water partition coefficient (Wildman–Crippen LogP) is 2.96. The van der Waals surface area contributed by atoms with E-state index in [1.54, 1.807) is 0 Å². The maximum absolute atomic E-state index is 12.7. The van der Waals surface area contributed by atoms with Crippen LogP contribution in [0.1, 0.15) is 44.8 Å². The van der Waals surface area contributed by atoms with Crippen molar-refractivity contribution in [3.8, 4) is 0 Å². The lowest BCUT2D eigenvalue weighted by molar-refractivity contribution is -0.00720. The first-order chi connectivity index (χ1) is 12.0. The summed E-state index contributed by atoms with van der Waals surface area (Å²) in [7, 11) is 0. The van der Waals surface area contributed by atoms with Gasteiger partial charge in [0.15, 0.2) is 0 Å². The van der Waals surface area contributed by atoms with Crippen molar-refractivity contribution in [3.63, 3.8) is 0 Å². The van der Waals surface area contributed by atoms with E-state index in [1.165, 1.54) is 12.8 Å². The normalized spacial score (nSPS) is 23.4. The standard InChI is InChI=1S/C20H30N2O3/c1-15(2)20(8-9-20)14-21-19(24)22-10-11-25-13-17(22)12-18(23)16-6-4-3-5-7-16/h3-7,15,17-18,23H,8-14H2,1-2H3,(H,21,24). The van der Waals surface area contributed by atoms with Crippen molar-refractivity contribution in [2.24, 2.45) is 11.3 Å². The summed E-state index contributed by atoms with van der Waals surface area (Å²) < 4.78 is 5.56. The molecule has 2 aliphatic rings. The summed E-state index contributed by atoms with van der Waals surface area (Å²) in [6, 6.07) is 9.47. The number of aliphatic hydroxyl groups excluding tert-OH is 1. The molecule has 0 radical (unpaired) electrons. The van der Waals surface area contributed by atoms with E-state index in [0.717, 1.165) is 12.1 Å². The number of benzene rings is 1. The van der Waals surface area contributed by atoms with E-state index in [-0.39, 0.29) is 12.1 Å². The van der Waals surface area contributed by atoms with Gasteiger partial charge in [-0.25, -0.2) is 4.79 Å². The van der Waals surface area contributed by atoms with Gasteiger partial charge in [-0.3, -0.25) is 0 Å². The van der Waals surface area contributed by atoms with Gasteiger partial charge in [0, 0.05) is 19.5 Å². The van der Waals surface area contributed by atoms with Crippen molar-refractivity contribution in [3.05, 3.63) is 35.9 Å². The number of hydrogen-bond donors (Lipinski definition) is 2. The quantitative estimate of drug-likeness (QED) is 0.832. The van der Waals surface area contributed by atoms with Gasteiger partial charge in [-0.05, 0) is 29.7 Å². The van der Waals surface area contributed by atoms with E-state index >= 15 is 0 Å². The van der Waals surface area contributed by atoms with Gasteiger partial charge >= 0.3 is 6.03 Å². The van der Waals surface area contributed by atoms with Gasteiger partial charge in [-0.15, -0.1) is 0 Å². The lowest BCUT2D eigenvalue weighted by Crippen LogP contribution is -2.53. The zero-order valence-corrected chi connectivity index (χ0v) is 15.3. The molecule has 1 saturated heterocycles. The van der Waals surface area contributed by atoms with Crippen LogP contribution in [0.2, 0.25) is 0 Å². The Kier molecular flexibility index (Phi) is 5.64. The molecule has 2 atom stereocenters. The molecule has 0 aromatic heterocycles. The number of carbonyl (C=O) groups is 1. The molecule has 5 heteroatoms. The molecule has 2 amide bonds. The molecule has 2 N–H and O–H groups in total. The van der Waals surface area contributed by atoms with E-state index in [2.05, 4.69) is 19.2 Å². The van der Waals surface area contributed by atoms with Crippen molar-refractivity contribution in [1.82, 2.24) is 10.2 Å². The molecule has 0 bridgehead atoms. The molecule has 1 heterocycles. The van der Waals surface area contributed by atoms with E-state index in [9.17, 15) is 9.90 Å². The largest absolute Gasteiger partial charge is 0.388 e. The lowest BCUT2D eigenvalue weighted by atomic mass is 9.92. The summed E-state index contributed by atoms with van der Waals surface area (Å²) in [5.41, 5.74) is 1.17. The summed E-state index contributed by atoms with van der Waals surface area (Å²) in [5, 5.41) is 13.6. The summed E-state index contributed by atoms with van der Waals surface area (Å²) in [6.07, 6.45) is 2.30. The van der Waals surface area contributed by atoms with Crippen LogP contribution in [0.4, 0.5) is 4.79 Å². The third-order valence-electron chi connectivity index (χ3n) is 5.88. The van der Waals surface area contributed by atoms with Gasteiger partial charge in [-0.2, -0.15) is 0 Å². The number of urea groups is 1. The molecule has 1 aliphatic carbocycles. The van der Waals surface area contributed by atoms with Gasteiger partial charge in [0.1, 0.15) is 0 Å². The number of hydrogen-bond acceptors (Lipinski definition) is 3. The first-order valence-electron chi connectivity index (χ1n) is 9.37. The molecule has 25 heavy (non-hydrogen) atoms. The summed E-state index contributed by atoms with van der Waals surface area (Å²) in [6.45, 7) is 6.81. The highest BCUT2D eigenvalue weighted by molar-refractivity contribution is 5.74. The van der Waals surface area contributed by atoms with Gasteiger partial charge in [0.2, 0.25) is 0 Å². The van der Waals surface area contributed by atoms with Crippen LogP contribution in [-0.2, 0) is 4.74 Å². The molecule has 1 saturated carbocycles. The third-order valence-corrected chi connectivity index (χ3v) is 5.88. The topological polar surface area (TPSA) is 61.8 Å². The molecule has 3 rings (SSSR count). The van der Waals surface area contributed by atoms with Crippen LogP contribution in [0.5, 0.6) is 0 Å². The van der Waals surface area contributed by atoms with Crippen molar-refractivity contribution in [1.29, 1.82) is 0 Å². The van der Waals surface area contributed by atoms with E-state index in [1.807, 2.05) is 35.2 Å². The predicted molar refractivity (Wildman–Crippen MR) is 97.2 cm³/mol. The molecule has 0 spiro atoms. The van der Waals surface area contributed by atoms with Crippen molar-refractivity contribution in [2.45, 2.75) is 45.3 Å². The number of carbonyl (C=O) groups excluding carboxylic acids is 1. The monoisotopic (exact) mass is 346 g/mol. The minimum absolute atomic E-state index is 0.0273. The fourth-order valence-electron chi connectivity index (χ4n) is 3.66. The zero-order valence-electron chi connectivity index (χ0n) is 15.3. The van der Waals surface area contributed by atoms with E-state index in [4.69, 9.17) is 4.74 Å². The third kappa shape index (κ3) is 4.33. The van der Waals surface area contributed by atoms with Gasteiger partial charge in [0.25, 0.3) is 0 Å². The smallest absolute Gasteiger partial charge is 0.317 e. The Labute approximate surface area is 150 Å². The highest BCUT2D eigenvalue weighted by Crippen LogP contribution is 2.51. The Bertz CT molecular complexity index is 572. The lowest BCUT2D eigenvalue weighted by Gasteiger charge is -2.37. The van der Waals surface area contributed by atoms with Crippen molar-refractivity contribution < 1.29 is 14.6 Å². The molecule has 138 valence electrons. The van der Waals surface area contributed by atoms with Crippen molar-refractivity contribution in [2.75, 3.05) is 26.3 Å². The second-order valence-electron chi connectivity index (χ2n) is 7.76. The number of nitrogens with one attached hydrogen (secondary N) is 1. The minimum atomic E-state index is -0.589. The van der Waals surface area contributed by atoms with Crippen LogP contribution in [0.3, 0.4) is 0 Å². The SMILES string of the molecule is CC(C)C1(CNC(=O)N2CCOCC2CC(O)c2ccccc2)CC1. The highest BCUT2D eigenvalue weighted by Gasteiger charge is 2.45. The molecule has 5 nitrogen and oxygen atoms in total. The Balaban J connectivity index is 1.57. The molecule has 2 unspecified atom stereocenters.